The zero-order valence-corrected chi connectivity index (χ0v) is 13.4. The summed E-state index contributed by atoms with van der Waals surface area (Å²) in [4.78, 5) is 16.2. The number of carbonyl (C=O) groups excluding carboxylic acids is 1. The van der Waals surface area contributed by atoms with Crippen molar-refractivity contribution >= 4 is 17.7 Å². The Bertz CT molecular complexity index is 422. The maximum atomic E-state index is 12.2. The monoisotopic (exact) mass is 296 g/mol. The van der Waals surface area contributed by atoms with Crippen LogP contribution >= 0.6 is 11.8 Å². The number of hydrogen-bond acceptors (Lipinski definition) is 4. The Morgan fingerprint density at radius 1 is 1.45 bits per heavy atom. The van der Waals surface area contributed by atoms with Gasteiger partial charge in [-0.25, -0.2) is 0 Å². The topological polar surface area (TPSA) is 36.7 Å². The number of thioether (sulfide) groups is 1. The van der Waals surface area contributed by atoms with Crippen molar-refractivity contribution in [1.82, 2.24) is 9.80 Å². The van der Waals surface area contributed by atoms with Crippen LogP contribution < -0.4 is 0 Å². The van der Waals surface area contributed by atoms with Crippen LogP contribution in [0.2, 0.25) is 0 Å². The molecule has 1 saturated carbocycles. The molecule has 5 heteroatoms. The third kappa shape index (κ3) is 4.03. The highest BCUT2D eigenvalue weighted by molar-refractivity contribution is 7.99. The van der Waals surface area contributed by atoms with Crippen molar-refractivity contribution in [3.63, 3.8) is 0 Å². The van der Waals surface area contributed by atoms with E-state index in [0.717, 1.165) is 11.0 Å². The lowest BCUT2D eigenvalue weighted by atomic mass is 10.2. The van der Waals surface area contributed by atoms with Crippen molar-refractivity contribution in [2.24, 2.45) is 0 Å². The first kappa shape index (κ1) is 15.4. The van der Waals surface area contributed by atoms with Crippen molar-refractivity contribution in [1.29, 1.82) is 0 Å². The van der Waals surface area contributed by atoms with Crippen LogP contribution in [0.4, 0.5) is 0 Å². The summed E-state index contributed by atoms with van der Waals surface area (Å²) in [5.41, 5.74) is 0. The number of amides is 1. The summed E-state index contributed by atoms with van der Waals surface area (Å²) in [6.45, 7) is 1.03. The van der Waals surface area contributed by atoms with Crippen molar-refractivity contribution < 1.29 is 9.21 Å². The zero-order valence-electron chi connectivity index (χ0n) is 12.5. The van der Waals surface area contributed by atoms with Gasteiger partial charge in [0.2, 0.25) is 5.91 Å². The quantitative estimate of drug-likeness (QED) is 0.808. The van der Waals surface area contributed by atoms with E-state index in [4.69, 9.17) is 4.42 Å². The molecule has 1 amide bonds. The van der Waals surface area contributed by atoms with Gasteiger partial charge in [-0.1, -0.05) is 0 Å². The van der Waals surface area contributed by atoms with Crippen LogP contribution in [0, 0.1) is 0 Å². The molecule has 1 aliphatic carbocycles. The second-order valence-electron chi connectivity index (χ2n) is 5.57. The van der Waals surface area contributed by atoms with E-state index in [1.165, 1.54) is 19.3 Å². The van der Waals surface area contributed by atoms with Crippen LogP contribution in [0.5, 0.6) is 0 Å². The summed E-state index contributed by atoms with van der Waals surface area (Å²) in [6.07, 6.45) is 7.49. The minimum absolute atomic E-state index is 0.150. The van der Waals surface area contributed by atoms with Gasteiger partial charge in [-0.3, -0.25) is 9.69 Å². The van der Waals surface area contributed by atoms with Gasteiger partial charge < -0.3 is 9.32 Å². The second-order valence-corrected chi connectivity index (χ2v) is 6.71. The fourth-order valence-corrected chi connectivity index (χ4v) is 3.51. The fraction of sp³-hybridized carbons (Fsp3) is 0.667. The van der Waals surface area contributed by atoms with Crippen molar-refractivity contribution in [2.75, 3.05) is 26.9 Å². The first-order chi connectivity index (χ1) is 9.60. The molecule has 112 valence electrons. The molecule has 0 unspecified atom stereocenters. The standard InChI is InChI=1S/C15H24N2O2S/c1-16(12-6-7-14(9-12)20-3)11-15(18)17(2)10-13-5-4-8-19-13/h4-5,8,12,14H,6-7,9-11H2,1-3H3/t12-,14+/m1/s1. The van der Waals surface area contributed by atoms with E-state index in [1.54, 1.807) is 11.2 Å². The molecule has 0 spiro atoms. The average molecular weight is 296 g/mol. The SMILES string of the molecule is CS[C@H]1CC[C@@H](N(C)CC(=O)N(C)Cc2ccco2)C1. The van der Waals surface area contributed by atoms with Gasteiger partial charge in [0.25, 0.3) is 0 Å². The number of nitrogens with zero attached hydrogens (tertiary/aromatic N) is 2. The molecular formula is C15H24N2O2S. The Hall–Kier alpha value is -0.940. The van der Waals surface area contributed by atoms with Crippen LogP contribution in [0.15, 0.2) is 22.8 Å². The van der Waals surface area contributed by atoms with Gasteiger partial charge in [0, 0.05) is 18.3 Å². The normalized spacial score (nSPS) is 22.4. The number of rotatable bonds is 6. The van der Waals surface area contributed by atoms with Crippen molar-refractivity contribution in [3.05, 3.63) is 24.2 Å². The minimum atomic E-state index is 0.150. The van der Waals surface area contributed by atoms with Gasteiger partial charge in [-0.05, 0) is 44.7 Å². The van der Waals surface area contributed by atoms with Crippen LogP contribution in [-0.4, -0.2) is 53.9 Å². The van der Waals surface area contributed by atoms with E-state index in [1.807, 2.05) is 30.9 Å². The Morgan fingerprint density at radius 2 is 2.25 bits per heavy atom. The third-order valence-corrected chi connectivity index (χ3v) is 5.19. The number of carbonyl (C=O) groups is 1. The molecule has 1 heterocycles. The lowest BCUT2D eigenvalue weighted by Gasteiger charge is -2.26. The molecule has 0 bridgehead atoms. The molecule has 0 aliphatic heterocycles. The first-order valence-electron chi connectivity index (χ1n) is 7.09. The van der Waals surface area contributed by atoms with Crippen LogP contribution in [0.25, 0.3) is 0 Å². The van der Waals surface area contributed by atoms with Gasteiger partial charge in [0.15, 0.2) is 0 Å². The Labute approximate surface area is 125 Å². The fourth-order valence-electron chi connectivity index (χ4n) is 2.72. The highest BCUT2D eigenvalue weighted by Crippen LogP contribution is 2.30. The van der Waals surface area contributed by atoms with E-state index in [2.05, 4.69) is 18.2 Å². The molecule has 0 saturated heterocycles. The molecular weight excluding hydrogens is 272 g/mol. The summed E-state index contributed by atoms with van der Waals surface area (Å²) >= 11 is 1.95. The summed E-state index contributed by atoms with van der Waals surface area (Å²) in [7, 11) is 3.89. The summed E-state index contributed by atoms with van der Waals surface area (Å²) in [5, 5.41) is 0.762. The highest BCUT2D eigenvalue weighted by atomic mass is 32.2. The van der Waals surface area contributed by atoms with E-state index in [9.17, 15) is 4.79 Å². The molecule has 1 aliphatic rings. The average Bonchev–Trinajstić information content (AvgIpc) is 3.09. The van der Waals surface area contributed by atoms with E-state index in [-0.39, 0.29) is 5.91 Å². The number of hydrogen-bond donors (Lipinski definition) is 0. The molecule has 2 rings (SSSR count). The minimum Gasteiger partial charge on any atom is -0.467 e. The van der Waals surface area contributed by atoms with E-state index >= 15 is 0 Å². The predicted molar refractivity (Wildman–Crippen MR) is 82.8 cm³/mol. The van der Waals surface area contributed by atoms with E-state index < -0.39 is 0 Å². The van der Waals surface area contributed by atoms with Gasteiger partial charge in [0.05, 0.1) is 19.4 Å². The van der Waals surface area contributed by atoms with Crippen LogP contribution in [-0.2, 0) is 11.3 Å². The Morgan fingerprint density at radius 3 is 2.85 bits per heavy atom. The third-order valence-electron chi connectivity index (χ3n) is 4.10. The van der Waals surface area contributed by atoms with Gasteiger partial charge in [0.1, 0.15) is 5.76 Å². The molecule has 0 N–H and O–H groups in total. The molecule has 20 heavy (non-hydrogen) atoms. The van der Waals surface area contributed by atoms with Crippen molar-refractivity contribution in [2.45, 2.75) is 37.1 Å². The lowest BCUT2D eigenvalue weighted by Crippen LogP contribution is -2.40. The second kappa shape index (κ2) is 7.18. The van der Waals surface area contributed by atoms with E-state index in [0.29, 0.717) is 19.1 Å². The molecule has 0 radical (unpaired) electrons. The lowest BCUT2D eigenvalue weighted by molar-refractivity contribution is -0.132. The smallest absolute Gasteiger partial charge is 0.236 e. The summed E-state index contributed by atoms with van der Waals surface area (Å²) < 4.78 is 5.28. The predicted octanol–water partition coefficient (Wildman–Crippen LogP) is 2.45. The van der Waals surface area contributed by atoms with Crippen LogP contribution in [0.3, 0.4) is 0 Å². The largest absolute Gasteiger partial charge is 0.467 e. The molecule has 1 aromatic heterocycles. The molecule has 0 aromatic carbocycles. The zero-order chi connectivity index (χ0) is 14.5. The van der Waals surface area contributed by atoms with Gasteiger partial charge >= 0.3 is 0 Å². The molecule has 1 aromatic rings. The first-order valence-corrected chi connectivity index (χ1v) is 8.38. The van der Waals surface area contributed by atoms with Crippen LogP contribution in [0.1, 0.15) is 25.0 Å². The van der Waals surface area contributed by atoms with Gasteiger partial charge in [-0.2, -0.15) is 11.8 Å². The Kier molecular flexibility index (Phi) is 5.54. The maximum absolute atomic E-state index is 12.2. The molecule has 1 fully saturated rings. The highest BCUT2D eigenvalue weighted by Gasteiger charge is 2.28. The number of likely N-dealkylation sites (N-methyl/N-ethyl adjacent to an activating group) is 2. The maximum Gasteiger partial charge on any atom is 0.236 e. The number of furan rings is 1. The Balaban J connectivity index is 1.78. The molecule has 4 nitrogen and oxygen atoms in total. The summed E-state index contributed by atoms with van der Waals surface area (Å²) in [5.74, 6) is 0.975. The molecule has 2 atom stereocenters. The summed E-state index contributed by atoms with van der Waals surface area (Å²) in [6, 6.07) is 4.29. The van der Waals surface area contributed by atoms with Crippen molar-refractivity contribution in [3.8, 4) is 0 Å². The van der Waals surface area contributed by atoms with Gasteiger partial charge in [-0.15, -0.1) is 0 Å².